The van der Waals surface area contributed by atoms with Gasteiger partial charge >= 0.3 is 0 Å². The maximum atomic E-state index is 14.0. The van der Waals surface area contributed by atoms with Gasteiger partial charge in [0.2, 0.25) is 0 Å². The van der Waals surface area contributed by atoms with Gasteiger partial charge in [0.1, 0.15) is 0 Å². The number of halogens is 2. The highest BCUT2D eigenvalue weighted by atomic mass is 32.1. The van der Waals surface area contributed by atoms with E-state index in [1.54, 1.807) is 14.0 Å². The molecular weight excluding hydrogens is 252 g/mol. The monoisotopic (exact) mass is 273 g/mol. The molecule has 7 heteroatoms. The third kappa shape index (κ3) is 5.67. The van der Waals surface area contributed by atoms with Gasteiger partial charge in [-0.1, -0.05) is 6.92 Å². The number of hydrogen-bond acceptors (Lipinski definition) is 5. The van der Waals surface area contributed by atoms with Crippen molar-refractivity contribution in [1.82, 2.24) is 16.0 Å². The van der Waals surface area contributed by atoms with Crippen molar-refractivity contribution in [2.75, 3.05) is 38.2 Å². The second kappa shape index (κ2) is 7.71. The zero-order chi connectivity index (χ0) is 12.7. The topological polar surface area (TPSA) is 36.1 Å². The molecule has 0 radical (unpaired) electrons. The molecule has 0 aromatic heterocycles. The predicted octanol–water partition coefficient (Wildman–Crippen LogP) is 0.596. The lowest BCUT2D eigenvalue weighted by molar-refractivity contribution is 0.0831. The number of hydrogen-bond donors (Lipinski definition) is 5. The Labute approximate surface area is 107 Å². The van der Waals surface area contributed by atoms with Gasteiger partial charge in [0.25, 0.3) is 0 Å². The van der Waals surface area contributed by atoms with Crippen LogP contribution in [-0.4, -0.2) is 49.8 Å². The molecule has 0 bridgehead atoms. The first-order valence-corrected chi connectivity index (χ1v) is 6.46. The number of alkyl halides is 2. The van der Waals surface area contributed by atoms with Gasteiger partial charge in [-0.25, -0.2) is 8.78 Å². The van der Waals surface area contributed by atoms with Crippen LogP contribution in [0.3, 0.4) is 0 Å². The number of likely N-dealkylation sites (N-methyl/N-ethyl adjacent to an activating group) is 2. The molecule has 0 aromatic carbocycles. The molecule has 3 N–H and O–H groups in total. The van der Waals surface area contributed by atoms with E-state index < -0.39 is 11.6 Å². The van der Waals surface area contributed by atoms with Crippen LogP contribution in [0.2, 0.25) is 0 Å². The zero-order valence-corrected chi connectivity index (χ0v) is 11.5. The molecule has 0 amide bonds. The van der Waals surface area contributed by atoms with Gasteiger partial charge < -0.3 is 5.32 Å². The maximum Gasteiger partial charge on any atom is 0.183 e. The Balaban J connectivity index is 4.26. The molecule has 0 fully saturated rings. The molecule has 0 aliphatic heterocycles. The SMILES string of the molecule is CCN[C@](F)(CS)CNC(F)(CS)CNC. The molecule has 0 rings (SSSR count). The van der Waals surface area contributed by atoms with Gasteiger partial charge in [0.15, 0.2) is 11.6 Å². The lowest BCUT2D eigenvalue weighted by atomic mass is 10.2. The Morgan fingerprint density at radius 2 is 1.50 bits per heavy atom. The summed E-state index contributed by atoms with van der Waals surface area (Å²) < 4.78 is 27.9. The standard InChI is InChI=1S/C9H21F2N3S2/c1-3-13-9(11,7-16)5-14-8(10,6-15)4-12-2/h12-16H,3-7H2,1-2H3/t8?,9-/m0/s1. The lowest BCUT2D eigenvalue weighted by Gasteiger charge is -2.31. The maximum absolute atomic E-state index is 14.0. The molecule has 0 aliphatic rings. The first-order chi connectivity index (χ1) is 7.45. The molecule has 0 saturated heterocycles. The molecular formula is C9H21F2N3S2. The summed E-state index contributed by atoms with van der Waals surface area (Å²) in [4.78, 5) is 0. The van der Waals surface area contributed by atoms with E-state index in [-0.39, 0.29) is 24.6 Å². The van der Waals surface area contributed by atoms with Crippen molar-refractivity contribution in [2.45, 2.75) is 18.5 Å². The van der Waals surface area contributed by atoms with Gasteiger partial charge in [-0.15, -0.1) is 0 Å². The molecule has 0 heterocycles. The summed E-state index contributed by atoms with van der Waals surface area (Å²) in [5.74, 6) is -3.46. The van der Waals surface area contributed by atoms with E-state index in [2.05, 4.69) is 41.2 Å². The second-order valence-corrected chi connectivity index (χ2v) is 4.29. The van der Waals surface area contributed by atoms with E-state index in [0.29, 0.717) is 6.54 Å². The summed E-state index contributed by atoms with van der Waals surface area (Å²) in [6.45, 7) is 2.17. The van der Waals surface area contributed by atoms with E-state index in [0.717, 1.165) is 0 Å². The third-order valence-electron chi connectivity index (χ3n) is 2.14. The minimum Gasteiger partial charge on any atom is -0.315 e. The van der Waals surface area contributed by atoms with Crippen LogP contribution in [0.4, 0.5) is 8.78 Å². The summed E-state index contributed by atoms with van der Waals surface area (Å²) in [6, 6.07) is 0. The molecule has 0 spiro atoms. The summed E-state index contributed by atoms with van der Waals surface area (Å²) in [7, 11) is 1.63. The van der Waals surface area contributed by atoms with E-state index in [9.17, 15) is 8.78 Å². The fraction of sp³-hybridized carbons (Fsp3) is 1.00. The average molecular weight is 273 g/mol. The summed E-state index contributed by atoms with van der Waals surface area (Å²) in [6.07, 6.45) is 0. The van der Waals surface area contributed by atoms with Crippen LogP contribution in [0.1, 0.15) is 6.92 Å². The average Bonchev–Trinajstić information content (AvgIpc) is 2.27. The van der Waals surface area contributed by atoms with Crippen molar-refractivity contribution in [3.8, 4) is 0 Å². The molecule has 16 heavy (non-hydrogen) atoms. The van der Waals surface area contributed by atoms with Crippen LogP contribution >= 0.6 is 25.3 Å². The van der Waals surface area contributed by atoms with Crippen LogP contribution < -0.4 is 16.0 Å². The minimum absolute atomic E-state index is 0.0178. The Kier molecular flexibility index (Phi) is 7.92. The van der Waals surface area contributed by atoms with Crippen LogP contribution in [0.15, 0.2) is 0 Å². The van der Waals surface area contributed by atoms with Crippen LogP contribution in [0, 0.1) is 0 Å². The van der Waals surface area contributed by atoms with Crippen molar-refractivity contribution >= 4 is 25.3 Å². The highest BCUT2D eigenvalue weighted by Crippen LogP contribution is 2.13. The van der Waals surface area contributed by atoms with E-state index in [4.69, 9.17) is 0 Å². The zero-order valence-electron chi connectivity index (χ0n) is 9.69. The van der Waals surface area contributed by atoms with Gasteiger partial charge in [-0.2, -0.15) is 25.3 Å². The van der Waals surface area contributed by atoms with Crippen molar-refractivity contribution < 1.29 is 8.78 Å². The predicted molar refractivity (Wildman–Crippen MR) is 71.0 cm³/mol. The van der Waals surface area contributed by atoms with E-state index >= 15 is 0 Å². The van der Waals surface area contributed by atoms with Crippen molar-refractivity contribution in [3.63, 3.8) is 0 Å². The van der Waals surface area contributed by atoms with Crippen molar-refractivity contribution in [1.29, 1.82) is 0 Å². The van der Waals surface area contributed by atoms with Crippen LogP contribution in [0.5, 0.6) is 0 Å². The van der Waals surface area contributed by atoms with Gasteiger partial charge in [0, 0.05) is 24.6 Å². The van der Waals surface area contributed by atoms with Crippen LogP contribution in [-0.2, 0) is 0 Å². The Morgan fingerprint density at radius 3 is 1.88 bits per heavy atom. The van der Waals surface area contributed by atoms with Crippen molar-refractivity contribution in [2.24, 2.45) is 0 Å². The summed E-state index contributed by atoms with van der Waals surface area (Å²) in [5, 5.41) is 7.86. The minimum atomic E-state index is -1.71. The highest BCUT2D eigenvalue weighted by molar-refractivity contribution is 7.80. The quantitative estimate of drug-likeness (QED) is 0.315. The first kappa shape index (κ1) is 16.4. The Bertz CT molecular complexity index is 180. The molecule has 2 atom stereocenters. The number of nitrogens with one attached hydrogen (secondary N) is 3. The van der Waals surface area contributed by atoms with Crippen LogP contribution in [0.25, 0.3) is 0 Å². The normalized spacial score (nSPS) is 19.1. The highest BCUT2D eigenvalue weighted by Gasteiger charge is 2.33. The molecule has 1 unspecified atom stereocenters. The fourth-order valence-corrected chi connectivity index (χ4v) is 1.69. The molecule has 0 aromatic rings. The largest absolute Gasteiger partial charge is 0.315 e. The Morgan fingerprint density at radius 1 is 1.00 bits per heavy atom. The van der Waals surface area contributed by atoms with Crippen molar-refractivity contribution in [3.05, 3.63) is 0 Å². The first-order valence-electron chi connectivity index (χ1n) is 5.19. The van der Waals surface area contributed by atoms with Gasteiger partial charge in [-0.3, -0.25) is 10.6 Å². The number of rotatable bonds is 9. The van der Waals surface area contributed by atoms with Gasteiger partial charge in [-0.05, 0) is 13.6 Å². The van der Waals surface area contributed by atoms with E-state index in [1.807, 2.05) is 0 Å². The summed E-state index contributed by atoms with van der Waals surface area (Å²) in [5.41, 5.74) is 0. The lowest BCUT2D eigenvalue weighted by Crippen LogP contribution is -2.58. The van der Waals surface area contributed by atoms with E-state index in [1.165, 1.54) is 0 Å². The Hall–Kier alpha value is 0.440. The molecule has 98 valence electrons. The number of thiol groups is 2. The molecule has 3 nitrogen and oxygen atoms in total. The second-order valence-electron chi connectivity index (χ2n) is 3.66. The molecule has 0 aliphatic carbocycles. The molecule has 0 saturated carbocycles. The third-order valence-corrected chi connectivity index (χ3v) is 3.14. The smallest absolute Gasteiger partial charge is 0.183 e. The van der Waals surface area contributed by atoms with Gasteiger partial charge in [0.05, 0.1) is 0 Å². The fourth-order valence-electron chi connectivity index (χ4n) is 1.24. The summed E-state index contributed by atoms with van der Waals surface area (Å²) >= 11 is 7.82.